The lowest BCUT2D eigenvalue weighted by atomic mass is 10.0. The van der Waals surface area contributed by atoms with E-state index in [4.69, 9.17) is 15.2 Å². The van der Waals surface area contributed by atoms with Crippen molar-refractivity contribution in [2.45, 2.75) is 57.5 Å². The third kappa shape index (κ3) is 5.82. The first-order valence-corrected chi connectivity index (χ1v) is 11.8. The predicted octanol–water partition coefficient (Wildman–Crippen LogP) is 3.69. The first-order chi connectivity index (χ1) is 17.5. The summed E-state index contributed by atoms with van der Waals surface area (Å²) >= 11 is 0. The second kappa shape index (κ2) is 10.6. The van der Waals surface area contributed by atoms with Gasteiger partial charge in [0.2, 0.25) is 5.95 Å². The van der Waals surface area contributed by atoms with Crippen LogP contribution < -0.4 is 11.1 Å². The summed E-state index contributed by atoms with van der Waals surface area (Å²) in [5, 5.41) is 7.48. The molecule has 4 heterocycles. The molecule has 37 heavy (non-hydrogen) atoms. The summed E-state index contributed by atoms with van der Waals surface area (Å²) in [6.45, 7) is 5.25. The number of nitrogens with two attached hydrogens (primary N) is 1. The van der Waals surface area contributed by atoms with Gasteiger partial charge < -0.3 is 20.5 Å². The van der Waals surface area contributed by atoms with E-state index in [0.29, 0.717) is 13.0 Å². The minimum atomic E-state index is -4.40. The van der Waals surface area contributed by atoms with E-state index in [1.165, 1.54) is 28.9 Å². The molecule has 9 nitrogen and oxygen atoms in total. The Morgan fingerprint density at radius 1 is 1.24 bits per heavy atom. The number of pyridine rings is 1. The van der Waals surface area contributed by atoms with Crippen molar-refractivity contribution in [3.63, 3.8) is 0 Å². The number of ether oxygens (including phenoxy) is 2. The van der Waals surface area contributed by atoms with Crippen molar-refractivity contribution >= 4 is 17.4 Å². The monoisotopic (exact) mass is 524 g/mol. The molecule has 1 fully saturated rings. The Balaban J connectivity index is 1.58. The fraction of sp³-hybridized carbons (Fsp3) is 0.500. The van der Waals surface area contributed by atoms with Gasteiger partial charge in [-0.1, -0.05) is 19.9 Å². The van der Waals surface area contributed by atoms with Crippen LogP contribution in [0, 0.1) is 11.7 Å². The van der Waals surface area contributed by atoms with Gasteiger partial charge in [0.15, 0.2) is 5.82 Å². The molecular formula is C24H28F4N6O3. The molecule has 0 aromatic carbocycles. The van der Waals surface area contributed by atoms with Crippen LogP contribution in [0.15, 0.2) is 30.6 Å². The normalized spacial score (nSPS) is 20.1. The lowest BCUT2D eigenvalue weighted by Crippen LogP contribution is -2.48. The zero-order valence-electron chi connectivity index (χ0n) is 20.5. The quantitative estimate of drug-likeness (QED) is 0.355. The number of anilines is 1. The van der Waals surface area contributed by atoms with Crippen LogP contribution in [-0.2, 0) is 14.3 Å². The third-order valence-corrected chi connectivity index (χ3v) is 6.38. The number of fused-ring (bicyclic) bond motifs is 1. The van der Waals surface area contributed by atoms with Gasteiger partial charge in [0.25, 0.3) is 0 Å². The zero-order chi connectivity index (χ0) is 26.9. The Hall–Kier alpha value is -3.32. The van der Waals surface area contributed by atoms with Gasteiger partial charge >= 0.3 is 12.1 Å². The van der Waals surface area contributed by atoms with E-state index in [1.54, 1.807) is 0 Å². The summed E-state index contributed by atoms with van der Waals surface area (Å²) in [6.07, 6.45) is -2.15. The maximum Gasteiger partial charge on any atom is 0.395 e. The van der Waals surface area contributed by atoms with Crippen molar-refractivity contribution in [2.75, 3.05) is 18.5 Å². The number of esters is 1. The minimum Gasteiger partial charge on any atom is -0.457 e. The number of aromatic nitrogens is 4. The van der Waals surface area contributed by atoms with E-state index in [1.807, 2.05) is 13.8 Å². The second-order valence-electron chi connectivity index (χ2n) is 9.36. The zero-order valence-corrected chi connectivity index (χ0v) is 20.5. The van der Waals surface area contributed by atoms with Gasteiger partial charge in [0, 0.05) is 18.9 Å². The molecule has 0 spiro atoms. The van der Waals surface area contributed by atoms with E-state index < -0.39 is 36.0 Å². The molecule has 3 aromatic heterocycles. The SMILES string of the molecule is CC(C)[C@H](N)C(=O)O[C@@H]1COCC[C@H]1Nc1ncc2c(F)cc(-c3ccc(C(C)C(F)(F)F)cn3)n2n1. The van der Waals surface area contributed by atoms with Gasteiger partial charge in [-0.05, 0) is 30.9 Å². The molecule has 0 aliphatic carbocycles. The van der Waals surface area contributed by atoms with Crippen molar-refractivity contribution in [3.8, 4) is 11.4 Å². The van der Waals surface area contributed by atoms with E-state index in [2.05, 4.69) is 20.4 Å². The van der Waals surface area contributed by atoms with Crippen molar-refractivity contribution < 1.29 is 31.8 Å². The van der Waals surface area contributed by atoms with Gasteiger partial charge in [-0.2, -0.15) is 13.2 Å². The third-order valence-electron chi connectivity index (χ3n) is 6.38. The van der Waals surface area contributed by atoms with Crippen molar-refractivity contribution in [1.82, 2.24) is 19.6 Å². The van der Waals surface area contributed by atoms with Crippen LogP contribution >= 0.6 is 0 Å². The lowest BCUT2D eigenvalue weighted by molar-refractivity contribution is -0.158. The molecule has 0 bridgehead atoms. The summed E-state index contributed by atoms with van der Waals surface area (Å²) in [4.78, 5) is 20.7. The fourth-order valence-corrected chi connectivity index (χ4v) is 3.86. The van der Waals surface area contributed by atoms with Gasteiger partial charge in [-0.3, -0.25) is 9.78 Å². The van der Waals surface area contributed by atoms with Crippen LogP contribution in [0.25, 0.3) is 16.9 Å². The number of nitrogens with one attached hydrogen (secondary N) is 1. The molecule has 0 amide bonds. The number of hydrogen-bond acceptors (Lipinski definition) is 8. The van der Waals surface area contributed by atoms with Crippen molar-refractivity contribution in [1.29, 1.82) is 0 Å². The number of halogens is 4. The number of carbonyl (C=O) groups is 1. The summed E-state index contributed by atoms with van der Waals surface area (Å²) in [5.41, 5.74) is 6.43. The predicted molar refractivity (Wildman–Crippen MR) is 126 cm³/mol. The molecule has 1 aliphatic rings. The number of hydrogen-bond donors (Lipinski definition) is 2. The highest BCUT2D eigenvalue weighted by atomic mass is 19.4. The van der Waals surface area contributed by atoms with Crippen LogP contribution in [0.2, 0.25) is 0 Å². The summed E-state index contributed by atoms with van der Waals surface area (Å²) in [6, 6.07) is 2.72. The maximum atomic E-state index is 14.6. The van der Waals surface area contributed by atoms with Crippen LogP contribution in [-0.4, -0.2) is 63.1 Å². The molecule has 1 unspecified atom stereocenters. The maximum absolute atomic E-state index is 14.6. The summed E-state index contributed by atoms with van der Waals surface area (Å²) in [5.74, 6) is -2.82. The first kappa shape index (κ1) is 26.7. The van der Waals surface area contributed by atoms with Gasteiger partial charge in [-0.25, -0.2) is 13.9 Å². The second-order valence-corrected chi connectivity index (χ2v) is 9.36. The highest BCUT2D eigenvalue weighted by Gasteiger charge is 2.37. The Morgan fingerprint density at radius 2 is 2.00 bits per heavy atom. The summed E-state index contributed by atoms with van der Waals surface area (Å²) < 4.78 is 66.0. The number of carbonyl (C=O) groups excluding carboxylic acids is 1. The molecule has 1 saturated heterocycles. The highest BCUT2D eigenvalue weighted by molar-refractivity contribution is 5.76. The molecule has 4 rings (SSSR count). The molecular weight excluding hydrogens is 496 g/mol. The molecule has 4 atom stereocenters. The largest absolute Gasteiger partial charge is 0.457 e. The average Bonchev–Trinajstić information content (AvgIpc) is 3.19. The minimum absolute atomic E-state index is 0.00754. The Morgan fingerprint density at radius 3 is 2.65 bits per heavy atom. The Bertz CT molecular complexity index is 1250. The topological polar surface area (TPSA) is 117 Å². The summed E-state index contributed by atoms with van der Waals surface area (Å²) in [7, 11) is 0. The smallest absolute Gasteiger partial charge is 0.395 e. The van der Waals surface area contributed by atoms with Crippen LogP contribution in [0.3, 0.4) is 0 Å². The standard InChI is InChI=1S/C24H28F4N6O3/c1-12(2)21(29)22(35)37-20-11-36-7-6-17(20)32-23-31-10-19-15(25)8-18(34(19)33-23)16-5-4-14(9-30-16)13(3)24(26,27)28/h4-5,8-10,12-13,17,20-21H,6-7,11,29H2,1-3H3,(H,32,33)/t13?,17-,20-,21+/m1/s1. The van der Waals surface area contributed by atoms with Crippen LogP contribution in [0.5, 0.6) is 0 Å². The van der Waals surface area contributed by atoms with Crippen molar-refractivity contribution in [2.24, 2.45) is 11.7 Å². The van der Waals surface area contributed by atoms with Gasteiger partial charge in [0.05, 0.1) is 36.2 Å². The van der Waals surface area contributed by atoms with Gasteiger partial charge in [0.1, 0.15) is 17.7 Å². The number of alkyl halides is 3. The van der Waals surface area contributed by atoms with Gasteiger partial charge in [-0.15, -0.1) is 5.10 Å². The molecule has 0 radical (unpaired) electrons. The number of nitrogens with zero attached hydrogens (tertiary/aromatic N) is 4. The Kier molecular flexibility index (Phi) is 7.64. The molecule has 1 aliphatic heterocycles. The van der Waals surface area contributed by atoms with Crippen molar-refractivity contribution in [3.05, 3.63) is 42.0 Å². The molecule has 200 valence electrons. The Labute approximate surface area is 210 Å². The fourth-order valence-electron chi connectivity index (χ4n) is 3.86. The van der Waals surface area contributed by atoms with E-state index in [0.717, 1.165) is 13.1 Å². The van der Waals surface area contributed by atoms with E-state index in [-0.39, 0.29) is 47.0 Å². The molecule has 3 N–H and O–H groups in total. The molecule has 13 heteroatoms. The first-order valence-electron chi connectivity index (χ1n) is 11.8. The number of rotatable bonds is 7. The highest BCUT2D eigenvalue weighted by Crippen LogP contribution is 2.34. The van der Waals surface area contributed by atoms with E-state index in [9.17, 15) is 22.4 Å². The average molecular weight is 525 g/mol. The lowest BCUT2D eigenvalue weighted by Gasteiger charge is -2.32. The van der Waals surface area contributed by atoms with Crippen LogP contribution in [0.1, 0.15) is 38.7 Å². The molecule has 3 aromatic rings. The molecule has 0 saturated carbocycles. The van der Waals surface area contributed by atoms with Crippen LogP contribution in [0.4, 0.5) is 23.5 Å². The van der Waals surface area contributed by atoms with E-state index >= 15 is 0 Å².